The van der Waals surface area contributed by atoms with E-state index in [9.17, 15) is 13.2 Å². The maximum Gasteiger partial charge on any atom is 0.251 e. The largest absolute Gasteiger partial charge is 0.497 e. The Hall–Kier alpha value is -3.40. The lowest BCUT2D eigenvalue weighted by Crippen LogP contribution is -2.29. The van der Waals surface area contributed by atoms with E-state index >= 15 is 0 Å². The van der Waals surface area contributed by atoms with Crippen LogP contribution < -0.4 is 14.4 Å². The molecule has 3 rings (SSSR count). The third kappa shape index (κ3) is 4.95. The van der Waals surface area contributed by atoms with E-state index in [2.05, 4.69) is 15.5 Å². The quantitative estimate of drug-likeness (QED) is 0.584. The maximum absolute atomic E-state index is 12.4. The Morgan fingerprint density at radius 2 is 1.93 bits per heavy atom. The lowest BCUT2D eigenvalue weighted by atomic mass is 10.2. The highest BCUT2D eigenvalue weighted by Gasteiger charge is 2.16. The summed E-state index contributed by atoms with van der Waals surface area (Å²) in [6.45, 7) is 2.10. The molecule has 0 radical (unpaired) electrons. The van der Waals surface area contributed by atoms with Gasteiger partial charge in [0.15, 0.2) is 0 Å². The van der Waals surface area contributed by atoms with Crippen LogP contribution in [0.3, 0.4) is 0 Å². The molecule has 0 saturated heterocycles. The van der Waals surface area contributed by atoms with Crippen molar-refractivity contribution in [2.75, 3.05) is 24.2 Å². The van der Waals surface area contributed by atoms with Crippen LogP contribution in [0.25, 0.3) is 11.4 Å². The Morgan fingerprint density at radius 1 is 1.20 bits per heavy atom. The number of carbonyl (C=O) groups excluding carboxylic acids is 1. The SMILES string of the molecule is CCN(c1ccc(C(=O)NCc2nc(-c3cccc(OC)c3)no2)cc1)S(C)(=O)=O. The van der Waals surface area contributed by atoms with Gasteiger partial charge in [-0.3, -0.25) is 9.10 Å². The first-order valence-electron chi connectivity index (χ1n) is 9.14. The number of methoxy groups -OCH3 is 1. The highest BCUT2D eigenvalue weighted by atomic mass is 32.2. The zero-order chi connectivity index (χ0) is 21.7. The van der Waals surface area contributed by atoms with E-state index in [1.165, 1.54) is 4.31 Å². The van der Waals surface area contributed by atoms with Crippen LogP contribution in [0.4, 0.5) is 5.69 Å². The number of hydrogen-bond acceptors (Lipinski definition) is 7. The number of aromatic nitrogens is 2. The molecule has 1 aromatic heterocycles. The van der Waals surface area contributed by atoms with Crippen molar-refractivity contribution in [2.24, 2.45) is 0 Å². The van der Waals surface area contributed by atoms with E-state index < -0.39 is 10.0 Å². The summed E-state index contributed by atoms with van der Waals surface area (Å²) in [5, 5.41) is 6.62. The van der Waals surface area contributed by atoms with Gasteiger partial charge in [0.2, 0.25) is 21.7 Å². The number of hydrogen-bond donors (Lipinski definition) is 1. The lowest BCUT2D eigenvalue weighted by molar-refractivity contribution is 0.0946. The standard InChI is InChI=1S/C20H22N4O5S/c1-4-24(30(3,26)27)16-10-8-14(9-11-16)20(25)21-13-18-22-19(23-29-18)15-6-5-7-17(12-15)28-2/h5-12H,4,13H2,1-3H3,(H,21,25). The Morgan fingerprint density at radius 3 is 2.57 bits per heavy atom. The average Bonchev–Trinajstić information content (AvgIpc) is 3.21. The molecule has 158 valence electrons. The summed E-state index contributed by atoms with van der Waals surface area (Å²) < 4.78 is 35.2. The molecule has 0 aliphatic carbocycles. The summed E-state index contributed by atoms with van der Waals surface area (Å²) in [6, 6.07) is 13.5. The van der Waals surface area contributed by atoms with Crippen molar-refractivity contribution < 1.29 is 22.5 Å². The normalized spacial score (nSPS) is 11.2. The summed E-state index contributed by atoms with van der Waals surface area (Å²) >= 11 is 0. The molecule has 0 fully saturated rings. The van der Waals surface area contributed by atoms with Gasteiger partial charge < -0.3 is 14.6 Å². The first-order chi connectivity index (χ1) is 14.3. The average molecular weight is 430 g/mol. The van der Waals surface area contributed by atoms with Crippen LogP contribution in [-0.4, -0.2) is 44.4 Å². The number of anilines is 1. The fraction of sp³-hybridized carbons (Fsp3) is 0.250. The van der Waals surface area contributed by atoms with Crippen molar-refractivity contribution in [3.05, 3.63) is 60.0 Å². The zero-order valence-electron chi connectivity index (χ0n) is 16.8. The molecule has 10 heteroatoms. The summed E-state index contributed by atoms with van der Waals surface area (Å²) in [5.41, 5.74) is 1.62. The van der Waals surface area contributed by atoms with Crippen molar-refractivity contribution in [3.8, 4) is 17.1 Å². The second-order valence-electron chi connectivity index (χ2n) is 6.40. The molecule has 0 atom stereocenters. The van der Waals surface area contributed by atoms with Crippen molar-refractivity contribution >= 4 is 21.6 Å². The Labute approximate surface area is 174 Å². The molecular weight excluding hydrogens is 408 g/mol. The predicted molar refractivity (Wildman–Crippen MR) is 112 cm³/mol. The van der Waals surface area contributed by atoms with Crippen molar-refractivity contribution in [3.63, 3.8) is 0 Å². The number of amides is 1. The molecule has 0 saturated carbocycles. The number of nitrogens with one attached hydrogen (secondary N) is 1. The molecular formula is C20H22N4O5S. The summed E-state index contributed by atoms with van der Waals surface area (Å²) in [6.07, 6.45) is 1.14. The maximum atomic E-state index is 12.4. The predicted octanol–water partition coefficient (Wildman–Crippen LogP) is 2.46. The van der Waals surface area contributed by atoms with E-state index in [0.29, 0.717) is 29.4 Å². The van der Waals surface area contributed by atoms with Gasteiger partial charge in [-0.1, -0.05) is 17.3 Å². The van der Waals surface area contributed by atoms with E-state index in [1.807, 2.05) is 18.2 Å². The van der Waals surface area contributed by atoms with Gasteiger partial charge in [0, 0.05) is 17.7 Å². The number of benzene rings is 2. The fourth-order valence-electron chi connectivity index (χ4n) is 2.85. The minimum absolute atomic E-state index is 0.0575. The molecule has 1 N–H and O–H groups in total. The van der Waals surface area contributed by atoms with E-state index in [-0.39, 0.29) is 18.3 Å². The van der Waals surface area contributed by atoms with Crippen LogP contribution in [0.2, 0.25) is 0 Å². The van der Waals surface area contributed by atoms with Crippen molar-refractivity contribution in [1.82, 2.24) is 15.5 Å². The van der Waals surface area contributed by atoms with E-state index in [4.69, 9.17) is 9.26 Å². The van der Waals surface area contributed by atoms with Gasteiger partial charge >= 0.3 is 0 Å². The van der Waals surface area contributed by atoms with Crippen LogP contribution >= 0.6 is 0 Å². The van der Waals surface area contributed by atoms with E-state index in [0.717, 1.165) is 11.8 Å². The number of carbonyl (C=O) groups is 1. The van der Waals surface area contributed by atoms with Gasteiger partial charge in [-0.15, -0.1) is 0 Å². The summed E-state index contributed by atoms with van der Waals surface area (Å²) in [5.74, 6) is 0.980. The van der Waals surface area contributed by atoms with E-state index in [1.54, 1.807) is 44.4 Å². The Bertz CT molecular complexity index is 1130. The first kappa shape index (κ1) is 21.3. The topological polar surface area (TPSA) is 115 Å². The molecule has 1 heterocycles. The lowest BCUT2D eigenvalue weighted by Gasteiger charge is -2.20. The van der Waals surface area contributed by atoms with Crippen molar-refractivity contribution in [2.45, 2.75) is 13.5 Å². The minimum Gasteiger partial charge on any atom is -0.497 e. The zero-order valence-corrected chi connectivity index (χ0v) is 17.6. The highest BCUT2D eigenvalue weighted by molar-refractivity contribution is 7.92. The molecule has 0 spiro atoms. The molecule has 3 aromatic rings. The molecule has 0 aliphatic rings. The third-order valence-electron chi connectivity index (χ3n) is 4.30. The van der Waals surface area contributed by atoms with Crippen molar-refractivity contribution in [1.29, 1.82) is 0 Å². The molecule has 0 bridgehead atoms. The molecule has 9 nitrogen and oxygen atoms in total. The van der Waals surface area contributed by atoms with Gasteiger partial charge in [-0.2, -0.15) is 4.98 Å². The summed E-state index contributed by atoms with van der Waals surface area (Å²) in [7, 11) is -1.80. The monoisotopic (exact) mass is 430 g/mol. The van der Waals surface area contributed by atoms with Crippen LogP contribution in [0.5, 0.6) is 5.75 Å². The number of sulfonamides is 1. The molecule has 0 unspecified atom stereocenters. The van der Waals surface area contributed by atoms with Gasteiger partial charge in [0.1, 0.15) is 5.75 Å². The smallest absolute Gasteiger partial charge is 0.251 e. The second-order valence-corrected chi connectivity index (χ2v) is 8.31. The number of ether oxygens (including phenoxy) is 1. The molecule has 2 aromatic carbocycles. The van der Waals surface area contributed by atoms with Crippen LogP contribution in [0.15, 0.2) is 53.1 Å². The number of nitrogens with zero attached hydrogens (tertiary/aromatic N) is 3. The van der Waals surface area contributed by atoms with Crippen LogP contribution in [0, 0.1) is 0 Å². The minimum atomic E-state index is -3.38. The fourth-order valence-corrected chi connectivity index (χ4v) is 3.83. The molecule has 30 heavy (non-hydrogen) atoms. The van der Waals surface area contributed by atoms with Crippen LogP contribution in [0.1, 0.15) is 23.2 Å². The Kier molecular flexibility index (Phi) is 6.36. The van der Waals surface area contributed by atoms with Crippen LogP contribution in [-0.2, 0) is 16.6 Å². The molecule has 1 amide bonds. The second kappa shape index (κ2) is 8.95. The Balaban J connectivity index is 1.64. The molecule has 0 aliphatic heterocycles. The third-order valence-corrected chi connectivity index (χ3v) is 5.57. The summed E-state index contributed by atoms with van der Waals surface area (Å²) in [4.78, 5) is 16.7. The van der Waals surface area contributed by atoms with Gasteiger partial charge in [-0.05, 0) is 43.3 Å². The van der Waals surface area contributed by atoms with Gasteiger partial charge in [0.25, 0.3) is 5.91 Å². The van der Waals surface area contributed by atoms with Gasteiger partial charge in [-0.25, -0.2) is 8.42 Å². The highest BCUT2D eigenvalue weighted by Crippen LogP contribution is 2.21. The number of rotatable bonds is 8. The van der Waals surface area contributed by atoms with Gasteiger partial charge in [0.05, 0.1) is 25.6 Å². The first-order valence-corrected chi connectivity index (χ1v) is 11.0.